The second-order valence-corrected chi connectivity index (χ2v) is 7.27. The Morgan fingerprint density at radius 1 is 1.00 bits per heavy atom. The van der Waals surface area contributed by atoms with Crippen molar-refractivity contribution in [3.8, 4) is 11.1 Å². The van der Waals surface area contributed by atoms with E-state index in [4.69, 9.17) is 0 Å². The van der Waals surface area contributed by atoms with Gasteiger partial charge in [-0.05, 0) is 35.2 Å². The lowest BCUT2D eigenvalue weighted by Crippen LogP contribution is -2.04. The van der Waals surface area contributed by atoms with E-state index in [-0.39, 0.29) is 12.2 Å². The van der Waals surface area contributed by atoms with Crippen LogP contribution in [-0.2, 0) is 19.4 Å². The predicted molar refractivity (Wildman–Crippen MR) is 114 cm³/mol. The number of hydrogen-bond donors (Lipinski definition) is 2. The molecule has 5 rings (SSSR count). The first-order chi connectivity index (χ1) is 14.8. The first-order valence-corrected chi connectivity index (χ1v) is 9.82. The number of aryl methyl sites for hydroxylation is 2. The van der Waals surface area contributed by atoms with Gasteiger partial charge in [0, 0.05) is 36.3 Å². The molecule has 0 bridgehead atoms. The summed E-state index contributed by atoms with van der Waals surface area (Å²) in [5.74, 6) is -0.0279. The molecule has 0 unspecified atom stereocenters. The smallest absolute Gasteiger partial charge is 0.188 e. The summed E-state index contributed by atoms with van der Waals surface area (Å²) in [6.07, 6.45) is 8.47. The number of nitrogens with zero attached hydrogens (tertiary/aromatic N) is 4. The van der Waals surface area contributed by atoms with Crippen LogP contribution in [0.3, 0.4) is 0 Å². The van der Waals surface area contributed by atoms with Crippen molar-refractivity contribution < 1.29 is 4.79 Å². The Morgan fingerprint density at radius 2 is 1.90 bits per heavy atom. The van der Waals surface area contributed by atoms with Gasteiger partial charge in [-0.15, -0.1) is 0 Å². The minimum absolute atomic E-state index is 0.0279. The Labute approximate surface area is 172 Å². The Kier molecular flexibility index (Phi) is 4.69. The molecule has 7 heteroatoms. The summed E-state index contributed by atoms with van der Waals surface area (Å²) < 4.78 is 1.88. The zero-order chi connectivity index (χ0) is 20.3. The first-order valence-electron chi connectivity index (χ1n) is 9.82. The molecule has 0 aliphatic carbocycles. The maximum atomic E-state index is 12.9. The van der Waals surface area contributed by atoms with Crippen LogP contribution in [0.15, 0.2) is 73.3 Å². The van der Waals surface area contributed by atoms with Crippen LogP contribution in [0.5, 0.6) is 0 Å². The highest BCUT2D eigenvalue weighted by atomic mass is 16.1. The van der Waals surface area contributed by atoms with Gasteiger partial charge in [-0.3, -0.25) is 19.7 Å². The maximum absolute atomic E-state index is 12.9. The number of carbonyl (C=O) groups excluding carboxylic acids is 1. The van der Waals surface area contributed by atoms with Crippen molar-refractivity contribution in [1.29, 1.82) is 0 Å². The maximum Gasteiger partial charge on any atom is 0.188 e. The molecule has 5 aromatic rings. The molecule has 0 radical (unpaired) electrons. The minimum atomic E-state index is -0.0279. The lowest BCUT2D eigenvalue weighted by molar-refractivity contribution is 0.0989. The van der Waals surface area contributed by atoms with Crippen LogP contribution in [0.1, 0.15) is 21.6 Å². The lowest BCUT2D eigenvalue weighted by Gasteiger charge is -2.01. The molecule has 0 fully saturated rings. The van der Waals surface area contributed by atoms with E-state index in [9.17, 15) is 4.79 Å². The SMILES string of the molecule is O=C(Cc1cnn(CCc2ccccc2)c1)c1n[nH]c2cc(-c3cn[nH]c3)ccc12. The number of H-pyrrole nitrogens is 2. The van der Waals surface area contributed by atoms with Gasteiger partial charge in [0.15, 0.2) is 5.78 Å². The lowest BCUT2D eigenvalue weighted by atomic mass is 10.0. The molecule has 0 saturated heterocycles. The third kappa shape index (κ3) is 3.65. The van der Waals surface area contributed by atoms with Gasteiger partial charge in [-0.2, -0.15) is 15.3 Å². The number of hydrogen-bond acceptors (Lipinski definition) is 4. The number of aromatic amines is 2. The molecule has 0 aliphatic rings. The van der Waals surface area contributed by atoms with Gasteiger partial charge in [0.05, 0.1) is 17.9 Å². The van der Waals surface area contributed by atoms with E-state index in [1.807, 2.05) is 53.5 Å². The standard InChI is InChI=1S/C23H20N6O/c30-22(10-17-12-26-29(15-17)9-8-16-4-2-1-3-5-16)23-20-7-6-18(11-21(20)27-28-23)19-13-24-25-14-19/h1-7,11-15H,8-10H2,(H,24,25)(H,27,28). The van der Waals surface area contributed by atoms with Crippen molar-refractivity contribution in [3.05, 3.63) is 90.1 Å². The number of benzene rings is 2. The second-order valence-electron chi connectivity index (χ2n) is 7.27. The van der Waals surface area contributed by atoms with Gasteiger partial charge in [-0.1, -0.05) is 36.4 Å². The summed E-state index contributed by atoms with van der Waals surface area (Å²) in [5.41, 5.74) is 5.44. The molecule has 0 spiro atoms. The Balaban J connectivity index is 1.28. The summed E-state index contributed by atoms with van der Waals surface area (Å²) in [6, 6.07) is 16.2. The summed E-state index contributed by atoms with van der Waals surface area (Å²) in [6.45, 7) is 0.778. The molecule has 2 N–H and O–H groups in total. The number of ketones is 1. The van der Waals surface area contributed by atoms with Crippen molar-refractivity contribution in [1.82, 2.24) is 30.2 Å². The highest BCUT2D eigenvalue weighted by molar-refractivity contribution is 6.07. The molecule has 3 heterocycles. The number of nitrogens with one attached hydrogen (secondary N) is 2. The molecule has 0 amide bonds. The van der Waals surface area contributed by atoms with Crippen molar-refractivity contribution in [2.45, 2.75) is 19.4 Å². The summed E-state index contributed by atoms with van der Waals surface area (Å²) in [5, 5.41) is 19.3. The summed E-state index contributed by atoms with van der Waals surface area (Å²) >= 11 is 0. The molecule has 148 valence electrons. The number of carbonyl (C=O) groups is 1. The topological polar surface area (TPSA) is 92.2 Å². The molecule has 0 aliphatic heterocycles. The van der Waals surface area contributed by atoms with E-state index < -0.39 is 0 Å². The third-order valence-electron chi connectivity index (χ3n) is 5.18. The highest BCUT2D eigenvalue weighted by Gasteiger charge is 2.16. The van der Waals surface area contributed by atoms with Gasteiger partial charge in [0.2, 0.25) is 0 Å². The summed E-state index contributed by atoms with van der Waals surface area (Å²) in [7, 11) is 0. The Hall–Kier alpha value is -4.00. The minimum Gasteiger partial charge on any atom is -0.292 e. The Morgan fingerprint density at radius 3 is 2.73 bits per heavy atom. The van der Waals surface area contributed by atoms with Gasteiger partial charge < -0.3 is 0 Å². The molecule has 0 saturated carbocycles. The van der Waals surface area contributed by atoms with Crippen molar-refractivity contribution >= 4 is 16.7 Å². The van der Waals surface area contributed by atoms with Crippen LogP contribution in [0.25, 0.3) is 22.0 Å². The zero-order valence-corrected chi connectivity index (χ0v) is 16.2. The van der Waals surface area contributed by atoms with Gasteiger partial charge in [-0.25, -0.2) is 0 Å². The molecule has 7 nitrogen and oxygen atoms in total. The van der Waals surface area contributed by atoms with E-state index in [2.05, 4.69) is 37.6 Å². The van der Waals surface area contributed by atoms with E-state index in [1.54, 1.807) is 12.4 Å². The van der Waals surface area contributed by atoms with Crippen LogP contribution in [-0.4, -0.2) is 36.0 Å². The molecule has 0 atom stereocenters. The van der Waals surface area contributed by atoms with Crippen molar-refractivity contribution in [3.63, 3.8) is 0 Å². The van der Waals surface area contributed by atoms with E-state index in [1.165, 1.54) is 5.56 Å². The van der Waals surface area contributed by atoms with Crippen LogP contribution in [0.4, 0.5) is 0 Å². The largest absolute Gasteiger partial charge is 0.292 e. The van der Waals surface area contributed by atoms with Crippen molar-refractivity contribution in [2.75, 3.05) is 0 Å². The monoisotopic (exact) mass is 396 g/mol. The fourth-order valence-corrected chi connectivity index (χ4v) is 3.60. The molecule has 2 aromatic carbocycles. The fraction of sp³-hybridized carbons (Fsp3) is 0.130. The normalized spacial score (nSPS) is 11.2. The van der Waals surface area contributed by atoms with Gasteiger partial charge in [0.1, 0.15) is 5.69 Å². The Bertz CT molecular complexity index is 1280. The van der Waals surface area contributed by atoms with Crippen LogP contribution in [0.2, 0.25) is 0 Å². The van der Waals surface area contributed by atoms with E-state index >= 15 is 0 Å². The van der Waals surface area contributed by atoms with E-state index in [0.717, 1.165) is 40.6 Å². The number of Topliss-reactive ketones (excluding diaryl/α,β-unsaturated/α-hetero) is 1. The first kappa shape index (κ1) is 18.1. The molecular weight excluding hydrogens is 376 g/mol. The average Bonchev–Trinajstić information content (AvgIpc) is 3.53. The molecule has 30 heavy (non-hydrogen) atoms. The quantitative estimate of drug-likeness (QED) is 0.409. The van der Waals surface area contributed by atoms with Gasteiger partial charge in [0.25, 0.3) is 0 Å². The number of fused-ring (bicyclic) bond motifs is 1. The van der Waals surface area contributed by atoms with E-state index in [0.29, 0.717) is 5.69 Å². The molecule has 3 aromatic heterocycles. The zero-order valence-electron chi connectivity index (χ0n) is 16.2. The predicted octanol–water partition coefficient (Wildman–Crippen LogP) is 3.82. The number of rotatable bonds is 7. The average molecular weight is 396 g/mol. The summed E-state index contributed by atoms with van der Waals surface area (Å²) in [4.78, 5) is 12.9. The van der Waals surface area contributed by atoms with Gasteiger partial charge >= 0.3 is 0 Å². The fourth-order valence-electron chi connectivity index (χ4n) is 3.60. The third-order valence-corrected chi connectivity index (χ3v) is 5.18. The number of aromatic nitrogens is 6. The van der Waals surface area contributed by atoms with Crippen LogP contribution >= 0.6 is 0 Å². The van der Waals surface area contributed by atoms with Crippen LogP contribution in [0, 0.1) is 0 Å². The van der Waals surface area contributed by atoms with Crippen molar-refractivity contribution in [2.24, 2.45) is 0 Å². The highest BCUT2D eigenvalue weighted by Crippen LogP contribution is 2.25. The van der Waals surface area contributed by atoms with Crippen LogP contribution < -0.4 is 0 Å². The molecular formula is C23H20N6O. The second kappa shape index (κ2) is 7.79.